The summed E-state index contributed by atoms with van der Waals surface area (Å²) >= 11 is 3.32. The zero-order valence-electron chi connectivity index (χ0n) is 29.1. The predicted molar refractivity (Wildman–Crippen MR) is 192 cm³/mol. The van der Waals surface area contributed by atoms with E-state index in [1.165, 1.54) is 13.1 Å². The Morgan fingerprint density at radius 1 is 1.02 bits per heavy atom. The minimum atomic E-state index is -0.989. The van der Waals surface area contributed by atoms with Crippen LogP contribution in [-0.2, 0) is 27.4 Å². The summed E-state index contributed by atoms with van der Waals surface area (Å²) in [5, 5.41) is 23.1. The maximum absolute atomic E-state index is 14.0. The van der Waals surface area contributed by atoms with Gasteiger partial charge in [0.2, 0.25) is 0 Å². The van der Waals surface area contributed by atoms with E-state index in [1.807, 2.05) is 29.2 Å². The van der Waals surface area contributed by atoms with Gasteiger partial charge >= 0.3 is 12.1 Å². The Balaban J connectivity index is 1.18. The first-order chi connectivity index (χ1) is 24.6. The molecule has 15 heteroatoms. The maximum atomic E-state index is 14.0. The molecule has 6 rings (SSSR count). The molecule has 51 heavy (non-hydrogen) atoms. The van der Waals surface area contributed by atoms with Crippen molar-refractivity contribution >= 4 is 45.9 Å². The monoisotopic (exact) mass is 769 g/mol. The number of nitrogens with one attached hydrogen (secondary N) is 1. The van der Waals surface area contributed by atoms with Crippen LogP contribution in [-0.4, -0.2) is 148 Å². The van der Waals surface area contributed by atoms with E-state index in [1.54, 1.807) is 17.0 Å². The molecule has 3 N–H and O–H groups in total. The first-order valence-electron chi connectivity index (χ1n) is 17.8. The van der Waals surface area contributed by atoms with Gasteiger partial charge in [-0.2, -0.15) is 0 Å². The molecular formula is C36H48BrN7O7. The van der Waals surface area contributed by atoms with Crippen molar-refractivity contribution in [2.45, 2.75) is 62.9 Å². The molecule has 14 nitrogen and oxygen atoms in total. The number of aldehydes is 1. The zero-order valence-corrected chi connectivity index (χ0v) is 30.7. The quantitative estimate of drug-likeness (QED) is 0.197. The fraction of sp³-hybridized carbons (Fsp3) is 0.556. The topological polar surface area (TPSA) is 149 Å². The van der Waals surface area contributed by atoms with Crippen molar-refractivity contribution in [3.8, 4) is 5.75 Å². The molecule has 0 bridgehead atoms. The van der Waals surface area contributed by atoms with Gasteiger partial charge in [0.25, 0.3) is 5.91 Å². The molecular weight excluding hydrogens is 722 g/mol. The first kappa shape index (κ1) is 37.0. The number of anilines is 1. The normalized spacial score (nSPS) is 24.0. The highest BCUT2D eigenvalue weighted by molar-refractivity contribution is 9.10. The number of hydrogen-bond acceptors (Lipinski definition) is 10. The molecule has 3 saturated heterocycles. The molecule has 276 valence electrons. The van der Waals surface area contributed by atoms with Crippen LogP contribution in [0.15, 0.2) is 46.9 Å². The highest BCUT2D eigenvalue weighted by Gasteiger charge is 2.52. The Morgan fingerprint density at radius 2 is 1.75 bits per heavy atom. The smallest absolute Gasteiger partial charge is 0.411 e. The molecule has 0 spiro atoms. The number of carbonyl (C=O) groups is 4. The second kappa shape index (κ2) is 16.3. The highest BCUT2D eigenvalue weighted by Crippen LogP contribution is 2.40. The molecule has 3 fully saturated rings. The Bertz CT molecular complexity index is 1580. The molecule has 0 aromatic heterocycles. The lowest BCUT2D eigenvalue weighted by atomic mass is 9.84. The highest BCUT2D eigenvalue weighted by atomic mass is 79.9. The van der Waals surface area contributed by atoms with Crippen molar-refractivity contribution in [1.82, 2.24) is 29.6 Å². The van der Waals surface area contributed by atoms with Crippen molar-refractivity contribution in [1.29, 1.82) is 0 Å². The lowest BCUT2D eigenvalue weighted by Gasteiger charge is -2.57. The van der Waals surface area contributed by atoms with E-state index < -0.39 is 11.8 Å². The van der Waals surface area contributed by atoms with Gasteiger partial charge in [-0.3, -0.25) is 29.6 Å². The summed E-state index contributed by atoms with van der Waals surface area (Å²) in [4.78, 5) is 62.6. The van der Waals surface area contributed by atoms with Gasteiger partial charge in [-0.05, 0) is 70.9 Å². The fourth-order valence-corrected chi connectivity index (χ4v) is 8.61. The van der Waals surface area contributed by atoms with E-state index in [0.29, 0.717) is 66.6 Å². The van der Waals surface area contributed by atoms with Gasteiger partial charge in [-0.25, -0.2) is 14.7 Å². The molecule has 2 aromatic rings. The number of phenols is 1. The first-order valence-corrected chi connectivity index (χ1v) is 18.5. The number of rotatable bonds is 9. The molecule has 4 aliphatic heterocycles. The third-order valence-electron chi connectivity index (χ3n) is 11.0. The van der Waals surface area contributed by atoms with Gasteiger partial charge in [0.1, 0.15) is 24.3 Å². The number of benzene rings is 2. The minimum Gasteiger partial charge on any atom is -0.507 e. The Hall–Kier alpha value is -3.76. The summed E-state index contributed by atoms with van der Waals surface area (Å²) in [6.45, 7) is 5.43. The van der Waals surface area contributed by atoms with Crippen LogP contribution in [0.4, 0.5) is 15.3 Å². The number of urea groups is 1. The summed E-state index contributed by atoms with van der Waals surface area (Å²) in [7, 11) is 1.34. The molecule has 4 amide bonds. The van der Waals surface area contributed by atoms with Crippen LogP contribution >= 0.6 is 15.9 Å². The predicted octanol–water partition coefficient (Wildman–Crippen LogP) is 3.56. The second-order valence-electron chi connectivity index (χ2n) is 14.0. The summed E-state index contributed by atoms with van der Waals surface area (Å²) in [5.41, 5.74) is 1.60. The minimum absolute atomic E-state index is 0.00413. The number of nitrogens with zero attached hydrogens (tertiary/aromatic N) is 6. The van der Waals surface area contributed by atoms with Crippen LogP contribution in [0.5, 0.6) is 5.75 Å². The van der Waals surface area contributed by atoms with Gasteiger partial charge in [0, 0.05) is 90.0 Å². The third-order valence-corrected chi connectivity index (χ3v) is 11.7. The number of ether oxygens (including phenoxy) is 1. The number of hydroxylamine groups is 2. The van der Waals surface area contributed by atoms with Gasteiger partial charge < -0.3 is 24.9 Å². The van der Waals surface area contributed by atoms with E-state index in [2.05, 4.69) is 35.9 Å². The molecule has 0 radical (unpaired) electrons. The number of para-hydroxylation sites is 1. The number of halogens is 1. The average molecular weight is 771 g/mol. The summed E-state index contributed by atoms with van der Waals surface area (Å²) < 4.78 is 6.38. The van der Waals surface area contributed by atoms with E-state index in [-0.39, 0.29) is 43.3 Å². The lowest BCUT2D eigenvalue weighted by molar-refractivity contribution is -0.161. The molecule has 2 atom stereocenters. The van der Waals surface area contributed by atoms with E-state index in [4.69, 9.17) is 4.74 Å². The second-order valence-corrected chi connectivity index (χ2v) is 14.8. The van der Waals surface area contributed by atoms with Crippen LogP contribution < -0.4 is 5.32 Å². The number of piperidine rings is 2. The number of aromatic hydroxyl groups is 1. The van der Waals surface area contributed by atoms with Crippen LogP contribution in [0.2, 0.25) is 0 Å². The number of carbonyl (C=O) groups excluding carboxylic acids is 4. The van der Waals surface area contributed by atoms with Gasteiger partial charge in [0.15, 0.2) is 0 Å². The third kappa shape index (κ3) is 8.33. The van der Waals surface area contributed by atoms with Crippen LogP contribution in [0, 0.1) is 0 Å². The molecule has 2 aromatic carbocycles. The van der Waals surface area contributed by atoms with Crippen LogP contribution in [0.1, 0.15) is 43.2 Å². The van der Waals surface area contributed by atoms with E-state index >= 15 is 0 Å². The number of likely N-dealkylation sites (tertiary alicyclic amines) is 2. The van der Waals surface area contributed by atoms with Crippen molar-refractivity contribution in [2.75, 3.05) is 71.3 Å². The Kier molecular flexibility index (Phi) is 11.8. The van der Waals surface area contributed by atoms with Crippen molar-refractivity contribution in [3.05, 3.63) is 58.1 Å². The Morgan fingerprint density at radius 3 is 2.45 bits per heavy atom. The number of hydrogen-bond donors (Lipinski definition) is 3. The summed E-state index contributed by atoms with van der Waals surface area (Å²) in [6.07, 6.45) is 3.77. The van der Waals surface area contributed by atoms with Gasteiger partial charge in [-0.15, -0.1) is 0 Å². The molecule has 0 aliphatic carbocycles. The average Bonchev–Trinajstić information content (AvgIpc) is 3.30. The van der Waals surface area contributed by atoms with Crippen molar-refractivity contribution in [3.63, 3.8) is 0 Å². The number of fused-ring (bicyclic) bond motifs is 1. The van der Waals surface area contributed by atoms with Gasteiger partial charge in [0.05, 0.1) is 11.0 Å². The SMILES string of the molecule is CN(O)C(=O)CN1CCN(C2CCN([C@]3(CC=O)C[C@H](N4CCc5ccccc5NC4=O)CCN3C(=O)OCc3ccc(O)c(Br)c3)CC2)CC1. The number of amides is 4. The fourth-order valence-electron chi connectivity index (χ4n) is 8.19. The molecule has 0 saturated carbocycles. The summed E-state index contributed by atoms with van der Waals surface area (Å²) in [6, 6.07) is 12.7. The zero-order chi connectivity index (χ0) is 36.1. The maximum Gasteiger partial charge on any atom is 0.411 e. The number of phenolic OH excluding ortho intramolecular Hbond substituents is 1. The largest absolute Gasteiger partial charge is 0.507 e. The van der Waals surface area contributed by atoms with Crippen molar-refractivity contribution in [2.24, 2.45) is 0 Å². The van der Waals surface area contributed by atoms with Crippen molar-refractivity contribution < 1.29 is 34.2 Å². The summed E-state index contributed by atoms with van der Waals surface area (Å²) in [5.74, 6) is -0.239. The number of likely N-dealkylation sites (N-methyl/N-ethyl adjacent to an activating group) is 1. The number of piperazine rings is 1. The van der Waals surface area contributed by atoms with E-state index in [0.717, 1.165) is 56.6 Å². The lowest BCUT2D eigenvalue weighted by Crippen LogP contribution is -2.70. The standard InChI is InChI=1S/C36H48BrN7O7/c1-39(50)33(47)24-40-17-19-41(20-18-40)28-9-13-42(14-10-28)36(12-21-45)23-29(43-15-8-27-4-2-3-5-31(27)38-34(43)48)11-16-44(36)35(49)51-25-26-6-7-32(46)30(37)22-26/h2-7,21-22,28-29,46,50H,8-20,23-25H2,1H3,(H,38,48)/t29-,36+/m1/s1. The van der Waals surface area contributed by atoms with Gasteiger partial charge in [-0.1, -0.05) is 24.3 Å². The Labute approximate surface area is 307 Å². The molecule has 4 aliphatic rings. The van der Waals surface area contributed by atoms with E-state index in [9.17, 15) is 29.5 Å². The molecule has 0 unspecified atom stereocenters. The van der Waals surface area contributed by atoms with Crippen LogP contribution in [0.3, 0.4) is 0 Å². The van der Waals surface area contributed by atoms with Crippen LogP contribution in [0.25, 0.3) is 0 Å². The molecule has 4 heterocycles.